The molecule has 0 atom stereocenters. The maximum Gasteiger partial charge on any atom is 0.205 e. The molecule has 0 unspecified atom stereocenters. The summed E-state index contributed by atoms with van der Waals surface area (Å²) >= 11 is 1.57. The zero-order valence-electron chi connectivity index (χ0n) is 9.76. The Morgan fingerprint density at radius 3 is 2.65 bits per heavy atom. The van der Waals surface area contributed by atoms with Gasteiger partial charge < -0.3 is 5.32 Å². The van der Waals surface area contributed by atoms with E-state index in [2.05, 4.69) is 46.7 Å². The minimum atomic E-state index is 0.564. The van der Waals surface area contributed by atoms with E-state index in [4.69, 9.17) is 0 Å². The fraction of sp³-hybridized carbons (Fsp3) is 0.385. The number of nitrogens with one attached hydrogen (secondary N) is 1. The van der Waals surface area contributed by atoms with Crippen LogP contribution in [0.5, 0.6) is 0 Å². The summed E-state index contributed by atoms with van der Waals surface area (Å²) in [5.74, 6) is 0.709. The van der Waals surface area contributed by atoms with Crippen LogP contribution in [0.15, 0.2) is 29.8 Å². The predicted molar refractivity (Wildman–Crippen MR) is 70.5 cm³/mol. The van der Waals surface area contributed by atoms with E-state index in [-0.39, 0.29) is 0 Å². The van der Waals surface area contributed by atoms with E-state index in [0.717, 1.165) is 5.13 Å². The van der Waals surface area contributed by atoms with Gasteiger partial charge in [0.25, 0.3) is 0 Å². The summed E-state index contributed by atoms with van der Waals surface area (Å²) in [5.41, 5.74) is 4.56. The van der Waals surface area contributed by atoms with Crippen LogP contribution in [-0.2, 0) is 0 Å². The van der Waals surface area contributed by atoms with Crippen LogP contribution in [0.3, 0.4) is 0 Å². The molecule has 0 bridgehead atoms. The third-order valence-electron chi connectivity index (χ3n) is 3.37. The monoisotopic (exact) mass is 245 g/mol. The van der Waals surface area contributed by atoms with Crippen LogP contribution >= 0.6 is 11.3 Å². The Kier molecular flexibility index (Phi) is 2.81. The molecule has 0 saturated heterocycles. The number of rotatable bonds is 3. The first-order chi connectivity index (χ1) is 8.31. The number of nitrogens with zero attached hydrogens (tertiary/aromatic N) is 2. The molecule has 1 heterocycles. The molecule has 1 aliphatic carbocycles. The highest BCUT2D eigenvalue weighted by Crippen LogP contribution is 2.38. The first-order valence-corrected chi connectivity index (χ1v) is 6.78. The summed E-state index contributed by atoms with van der Waals surface area (Å²) in [4.78, 5) is 0. The van der Waals surface area contributed by atoms with Crippen molar-refractivity contribution >= 4 is 16.5 Å². The Morgan fingerprint density at radius 1 is 1.24 bits per heavy atom. The molecule has 3 nitrogen and oxygen atoms in total. The molecule has 1 saturated carbocycles. The molecule has 17 heavy (non-hydrogen) atoms. The lowest BCUT2D eigenvalue weighted by Crippen LogP contribution is -2.33. The van der Waals surface area contributed by atoms with Gasteiger partial charge in [-0.1, -0.05) is 41.2 Å². The first-order valence-electron chi connectivity index (χ1n) is 5.90. The Balaban J connectivity index is 1.56. The van der Waals surface area contributed by atoms with Crippen molar-refractivity contribution in [1.29, 1.82) is 0 Å². The molecule has 1 fully saturated rings. The Morgan fingerprint density at radius 2 is 2.00 bits per heavy atom. The fourth-order valence-electron chi connectivity index (χ4n) is 2.26. The third kappa shape index (κ3) is 2.31. The van der Waals surface area contributed by atoms with Crippen molar-refractivity contribution in [1.82, 2.24) is 10.2 Å². The van der Waals surface area contributed by atoms with Crippen LogP contribution in [0.25, 0.3) is 0 Å². The zero-order valence-corrected chi connectivity index (χ0v) is 10.6. The Labute approximate surface area is 105 Å². The van der Waals surface area contributed by atoms with Crippen molar-refractivity contribution in [2.24, 2.45) is 0 Å². The van der Waals surface area contributed by atoms with Crippen molar-refractivity contribution in [3.05, 3.63) is 40.9 Å². The third-order valence-corrected chi connectivity index (χ3v) is 4.00. The molecular formula is C13H15N3S. The lowest BCUT2D eigenvalue weighted by molar-refractivity contribution is 0.374. The van der Waals surface area contributed by atoms with Crippen molar-refractivity contribution in [2.75, 3.05) is 5.32 Å². The van der Waals surface area contributed by atoms with Crippen LogP contribution < -0.4 is 5.32 Å². The molecule has 0 spiro atoms. The normalized spacial score (nSPS) is 23.1. The Hall–Kier alpha value is -1.42. The van der Waals surface area contributed by atoms with Crippen molar-refractivity contribution in [2.45, 2.75) is 31.7 Å². The zero-order chi connectivity index (χ0) is 11.7. The van der Waals surface area contributed by atoms with Crippen LogP contribution in [0.4, 0.5) is 5.13 Å². The van der Waals surface area contributed by atoms with Gasteiger partial charge >= 0.3 is 0 Å². The summed E-state index contributed by atoms with van der Waals surface area (Å²) in [6, 6.07) is 9.46. The van der Waals surface area contributed by atoms with E-state index < -0.39 is 0 Å². The van der Waals surface area contributed by atoms with Gasteiger partial charge in [0, 0.05) is 6.04 Å². The topological polar surface area (TPSA) is 37.8 Å². The number of aryl methyl sites for hydroxylation is 1. The highest BCUT2D eigenvalue weighted by Gasteiger charge is 2.30. The molecule has 1 aromatic heterocycles. The van der Waals surface area contributed by atoms with Gasteiger partial charge in [0.1, 0.15) is 5.51 Å². The Bertz CT molecular complexity index is 472. The molecule has 0 radical (unpaired) electrons. The second-order valence-corrected chi connectivity index (χ2v) is 5.50. The molecule has 4 heteroatoms. The summed E-state index contributed by atoms with van der Waals surface area (Å²) in [6.45, 7) is 2.13. The van der Waals surface area contributed by atoms with E-state index in [9.17, 15) is 0 Å². The van der Waals surface area contributed by atoms with Gasteiger partial charge in [-0.2, -0.15) is 0 Å². The van der Waals surface area contributed by atoms with Crippen LogP contribution in [0.1, 0.15) is 29.9 Å². The minimum Gasteiger partial charge on any atom is -0.357 e. The molecule has 0 aliphatic heterocycles. The fourth-order valence-corrected chi connectivity index (χ4v) is 2.78. The quantitative estimate of drug-likeness (QED) is 0.902. The molecule has 2 aromatic rings. The molecule has 3 rings (SSSR count). The summed E-state index contributed by atoms with van der Waals surface area (Å²) in [7, 11) is 0. The second-order valence-electron chi connectivity index (χ2n) is 4.66. The smallest absolute Gasteiger partial charge is 0.205 e. The number of anilines is 1. The van der Waals surface area contributed by atoms with Crippen molar-refractivity contribution in [3.8, 4) is 0 Å². The summed E-state index contributed by atoms with van der Waals surface area (Å²) in [5, 5.41) is 12.2. The molecule has 1 aliphatic rings. The van der Waals surface area contributed by atoms with Crippen LogP contribution in [0, 0.1) is 6.92 Å². The molecule has 88 valence electrons. The van der Waals surface area contributed by atoms with Crippen molar-refractivity contribution in [3.63, 3.8) is 0 Å². The van der Waals surface area contributed by atoms with E-state index >= 15 is 0 Å². The van der Waals surface area contributed by atoms with E-state index in [1.807, 2.05) is 0 Å². The largest absolute Gasteiger partial charge is 0.357 e. The lowest BCUT2D eigenvalue weighted by atomic mass is 9.76. The maximum atomic E-state index is 4.00. The molecular weight excluding hydrogens is 230 g/mol. The average molecular weight is 245 g/mol. The average Bonchev–Trinajstić information content (AvgIpc) is 2.77. The highest BCUT2D eigenvalue weighted by molar-refractivity contribution is 7.13. The van der Waals surface area contributed by atoms with E-state index in [0.29, 0.717) is 12.0 Å². The van der Waals surface area contributed by atoms with Crippen molar-refractivity contribution < 1.29 is 0 Å². The van der Waals surface area contributed by atoms with Gasteiger partial charge in [-0.15, -0.1) is 10.2 Å². The van der Waals surface area contributed by atoms with Gasteiger partial charge in [0.2, 0.25) is 5.13 Å². The molecule has 1 N–H and O–H groups in total. The second kappa shape index (κ2) is 4.45. The van der Waals surface area contributed by atoms with Gasteiger partial charge in [0.15, 0.2) is 0 Å². The lowest BCUT2D eigenvalue weighted by Gasteiger charge is -2.36. The van der Waals surface area contributed by atoms with Gasteiger partial charge in [0.05, 0.1) is 0 Å². The van der Waals surface area contributed by atoms with Gasteiger partial charge in [-0.3, -0.25) is 0 Å². The molecule has 1 aromatic carbocycles. The first kappa shape index (κ1) is 10.7. The molecule has 0 amide bonds. The standard InChI is InChI=1S/C13H15N3S/c1-9-2-4-10(5-3-9)11-6-12(7-11)15-13-16-14-8-17-13/h2-5,8,11-12H,6-7H2,1H3,(H,15,16). The predicted octanol–water partition coefficient (Wildman–Crippen LogP) is 3.20. The number of aromatic nitrogens is 2. The summed E-state index contributed by atoms with van der Waals surface area (Å²) < 4.78 is 0. The number of benzene rings is 1. The highest BCUT2D eigenvalue weighted by atomic mass is 32.1. The van der Waals surface area contributed by atoms with Crippen LogP contribution in [0.2, 0.25) is 0 Å². The van der Waals surface area contributed by atoms with Gasteiger partial charge in [-0.05, 0) is 31.2 Å². The van der Waals surface area contributed by atoms with Gasteiger partial charge in [-0.25, -0.2) is 0 Å². The SMILES string of the molecule is Cc1ccc(C2CC(Nc3nncs3)C2)cc1. The number of hydrogen-bond acceptors (Lipinski definition) is 4. The number of hydrogen-bond donors (Lipinski definition) is 1. The minimum absolute atomic E-state index is 0.564. The van der Waals surface area contributed by atoms with Crippen LogP contribution in [-0.4, -0.2) is 16.2 Å². The van der Waals surface area contributed by atoms with E-state index in [1.54, 1.807) is 16.8 Å². The van der Waals surface area contributed by atoms with E-state index in [1.165, 1.54) is 24.0 Å². The maximum absolute atomic E-state index is 4.00. The summed E-state index contributed by atoms with van der Waals surface area (Å²) in [6.07, 6.45) is 2.39.